The molecular weight excluding hydrogens is 330 g/mol. The lowest BCUT2D eigenvalue weighted by molar-refractivity contribution is -0.148. The first-order chi connectivity index (χ1) is 11.0. The van der Waals surface area contributed by atoms with Crippen molar-refractivity contribution < 1.29 is 33.3 Å². The summed E-state index contributed by atoms with van der Waals surface area (Å²) < 4.78 is 19.9. The summed E-state index contributed by atoms with van der Waals surface area (Å²) in [7, 11) is 0. The molecule has 2 aliphatic heterocycles. The molecule has 8 nitrogen and oxygen atoms in total. The Morgan fingerprint density at radius 1 is 0.957 bits per heavy atom. The van der Waals surface area contributed by atoms with Crippen LogP contribution in [0.15, 0.2) is 0 Å². The fourth-order valence-electron chi connectivity index (χ4n) is 1.77. The monoisotopic (exact) mass is 349 g/mol. The maximum atomic E-state index is 11.7. The van der Waals surface area contributed by atoms with E-state index >= 15 is 0 Å². The number of carbonyl (C=O) groups is 3. The Labute approximate surface area is 138 Å². The van der Waals surface area contributed by atoms with E-state index in [2.05, 4.69) is 0 Å². The maximum Gasteiger partial charge on any atom is 0.320 e. The molecule has 0 N–H and O–H groups in total. The van der Waals surface area contributed by atoms with Crippen LogP contribution in [0.5, 0.6) is 0 Å². The number of carbonyl (C=O) groups excluding carboxylic acids is 3. The van der Waals surface area contributed by atoms with Crippen LogP contribution in [0.4, 0.5) is 0 Å². The highest BCUT2D eigenvalue weighted by atomic mass is 35.5. The summed E-state index contributed by atoms with van der Waals surface area (Å²) in [5.74, 6) is -0.801. The molecule has 0 aromatic heterocycles. The molecule has 2 heterocycles. The zero-order valence-electron chi connectivity index (χ0n) is 12.7. The first-order valence-corrected chi connectivity index (χ1v) is 7.86. The predicted octanol–water partition coefficient (Wildman–Crippen LogP) is -0.282. The standard InChI is InChI=1S/C14H20ClNO7/c15-12(17)1-3-16(5-14(19)23-9-11-7-21-11)4-2-13(18)22-8-10-6-20-10/h10-11H,1-9H2. The predicted molar refractivity (Wildman–Crippen MR) is 77.9 cm³/mol. The lowest BCUT2D eigenvalue weighted by atomic mass is 10.3. The second kappa shape index (κ2) is 9.17. The van der Waals surface area contributed by atoms with Crippen molar-refractivity contribution in [3.8, 4) is 0 Å². The van der Waals surface area contributed by atoms with Gasteiger partial charge in [-0.25, -0.2) is 0 Å². The van der Waals surface area contributed by atoms with Crippen LogP contribution in [0.2, 0.25) is 0 Å². The Bertz CT molecular complexity index is 437. The molecule has 2 unspecified atom stereocenters. The van der Waals surface area contributed by atoms with Crippen molar-refractivity contribution in [3.05, 3.63) is 0 Å². The highest BCUT2D eigenvalue weighted by Crippen LogP contribution is 2.10. The Morgan fingerprint density at radius 2 is 1.48 bits per heavy atom. The minimum Gasteiger partial charge on any atom is -0.463 e. The summed E-state index contributed by atoms with van der Waals surface area (Å²) in [6.45, 7) is 2.24. The van der Waals surface area contributed by atoms with E-state index in [9.17, 15) is 14.4 Å². The summed E-state index contributed by atoms with van der Waals surface area (Å²) in [5, 5.41) is -0.497. The van der Waals surface area contributed by atoms with Crippen molar-refractivity contribution in [2.75, 3.05) is 46.1 Å². The summed E-state index contributed by atoms with van der Waals surface area (Å²) in [4.78, 5) is 35.8. The normalized spacial score (nSPS) is 21.8. The molecule has 0 bridgehead atoms. The van der Waals surface area contributed by atoms with Gasteiger partial charge in [-0.05, 0) is 11.6 Å². The fourth-order valence-corrected chi connectivity index (χ4v) is 1.85. The van der Waals surface area contributed by atoms with E-state index in [0.29, 0.717) is 13.2 Å². The van der Waals surface area contributed by atoms with Crippen LogP contribution < -0.4 is 0 Å². The van der Waals surface area contributed by atoms with Crippen molar-refractivity contribution >= 4 is 28.8 Å². The number of nitrogens with zero attached hydrogens (tertiary/aromatic N) is 1. The van der Waals surface area contributed by atoms with E-state index in [1.165, 1.54) is 0 Å². The van der Waals surface area contributed by atoms with Gasteiger partial charge in [-0.2, -0.15) is 0 Å². The molecule has 130 valence electrons. The Balaban J connectivity index is 1.66. The number of esters is 2. The highest BCUT2D eigenvalue weighted by Gasteiger charge is 2.26. The van der Waals surface area contributed by atoms with Gasteiger partial charge >= 0.3 is 11.9 Å². The molecule has 0 radical (unpaired) electrons. The number of hydrogen-bond acceptors (Lipinski definition) is 8. The third-order valence-corrected chi connectivity index (χ3v) is 3.46. The van der Waals surface area contributed by atoms with E-state index in [0.717, 1.165) is 0 Å². The molecule has 9 heteroatoms. The Hall–Kier alpha value is -1.22. The molecule has 0 aliphatic carbocycles. The number of ether oxygens (including phenoxy) is 4. The van der Waals surface area contributed by atoms with Crippen molar-refractivity contribution in [2.45, 2.75) is 25.0 Å². The average molecular weight is 350 g/mol. The van der Waals surface area contributed by atoms with Crippen LogP contribution in [-0.2, 0) is 33.3 Å². The van der Waals surface area contributed by atoms with Crippen LogP contribution in [-0.4, -0.2) is 80.4 Å². The second-order valence-electron chi connectivity index (χ2n) is 5.41. The van der Waals surface area contributed by atoms with E-state index < -0.39 is 11.2 Å². The van der Waals surface area contributed by atoms with Crippen LogP contribution in [0.1, 0.15) is 12.8 Å². The lowest BCUT2D eigenvalue weighted by Crippen LogP contribution is -2.35. The molecule has 2 rings (SSSR count). The summed E-state index contributed by atoms with van der Waals surface area (Å²) in [5.41, 5.74) is 0. The summed E-state index contributed by atoms with van der Waals surface area (Å²) in [6.07, 6.45) is 0.216. The number of halogens is 1. The SMILES string of the molecule is O=C(Cl)CCN(CCC(=O)OCC1CO1)CC(=O)OCC1CO1. The van der Waals surface area contributed by atoms with E-state index in [4.69, 9.17) is 30.5 Å². The first kappa shape index (κ1) is 18.1. The molecule has 2 saturated heterocycles. The van der Waals surface area contributed by atoms with Crippen LogP contribution in [0.25, 0.3) is 0 Å². The molecule has 0 aromatic carbocycles. The third kappa shape index (κ3) is 8.85. The van der Waals surface area contributed by atoms with Gasteiger partial charge in [0.1, 0.15) is 25.4 Å². The highest BCUT2D eigenvalue weighted by molar-refractivity contribution is 6.63. The molecule has 23 heavy (non-hydrogen) atoms. The van der Waals surface area contributed by atoms with Gasteiger partial charge in [-0.15, -0.1) is 0 Å². The van der Waals surface area contributed by atoms with Gasteiger partial charge in [0.25, 0.3) is 0 Å². The molecule has 2 aliphatic rings. The smallest absolute Gasteiger partial charge is 0.320 e. The third-order valence-electron chi connectivity index (χ3n) is 3.27. The number of hydrogen-bond donors (Lipinski definition) is 0. The van der Waals surface area contributed by atoms with Gasteiger partial charge in [-0.3, -0.25) is 19.3 Å². The van der Waals surface area contributed by atoms with E-state index in [1.54, 1.807) is 4.90 Å². The second-order valence-corrected chi connectivity index (χ2v) is 5.83. The van der Waals surface area contributed by atoms with Crippen molar-refractivity contribution in [1.82, 2.24) is 4.90 Å². The zero-order valence-corrected chi connectivity index (χ0v) is 13.5. The molecule has 0 amide bonds. The zero-order chi connectivity index (χ0) is 16.7. The quantitative estimate of drug-likeness (QED) is 0.269. The molecule has 0 aromatic rings. The molecule has 2 atom stereocenters. The molecule has 0 spiro atoms. The van der Waals surface area contributed by atoms with Gasteiger partial charge in [-0.1, -0.05) is 0 Å². The van der Waals surface area contributed by atoms with Gasteiger partial charge in [0, 0.05) is 19.5 Å². The minimum atomic E-state index is -0.497. The van der Waals surface area contributed by atoms with Gasteiger partial charge < -0.3 is 18.9 Å². The first-order valence-electron chi connectivity index (χ1n) is 7.48. The molecular formula is C14H20ClNO7. The van der Waals surface area contributed by atoms with Crippen molar-refractivity contribution in [2.24, 2.45) is 0 Å². The van der Waals surface area contributed by atoms with Gasteiger partial charge in [0.2, 0.25) is 5.24 Å². The van der Waals surface area contributed by atoms with Crippen LogP contribution >= 0.6 is 11.6 Å². The Morgan fingerprint density at radius 3 is 2.00 bits per heavy atom. The summed E-state index contributed by atoms with van der Waals surface area (Å²) >= 11 is 5.32. The largest absolute Gasteiger partial charge is 0.463 e. The number of epoxide rings is 2. The van der Waals surface area contributed by atoms with E-state index in [-0.39, 0.29) is 63.9 Å². The summed E-state index contributed by atoms with van der Waals surface area (Å²) in [6, 6.07) is 0. The van der Waals surface area contributed by atoms with Gasteiger partial charge in [0.05, 0.1) is 26.2 Å². The average Bonchev–Trinajstić information content (AvgIpc) is 3.38. The Kier molecular flexibility index (Phi) is 7.22. The minimum absolute atomic E-state index is 0.00330. The van der Waals surface area contributed by atoms with Crippen LogP contribution in [0.3, 0.4) is 0 Å². The lowest BCUT2D eigenvalue weighted by Gasteiger charge is -2.20. The van der Waals surface area contributed by atoms with Crippen molar-refractivity contribution in [1.29, 1.82) is 0 Å². The van der Waals surface area contributed by atoms with Crippen LogP contribution in [0, 0.1) is 0 Å². The molecule has 0 saturated carbocycles. The fraction of sp³-hybridized carbons (Fsp3) is 0.786. The maximum absolute atomic E-state index is 11.7. The van der Waals surface area contributed by atoms with Gasteiger partial charge in [0.15, 0.2) is 0 Å². The topological polar surface area (TPSA) is 98.0 Å². The van der Waals surface area contributed by atoms with E-state index in [1.807, 2.05) is 0 Å². The van der Waals surface area contributed by atoms with Crippen molar-refractivity contribution in [3.63, 3.8) is 0 Å². The molecule has 2 fully saturated rings. The number of rotatable bonds is 12.